The Morgan fingerprint density at radius 2 is 2.42 bits per heavy atom. The van der Waals surface area contributed by atoms with Crippen molar-refractivity contribution in [2.24, 2.45) is 12.8 Å². The van der Waals surface area contributed by atoms with Crippen molar-refractivity contribution in [1.82, 2.24) is 9.78 Å². The minimum absolute atomic E-state index is 0.00668. The molecule has 1 aliphatic heterocycles. The zero-order valence-corrected chi connectivity index (χ0v) is 11.9. The Labute approximate surface area is 115 Å². The molecule has 3 atom stereocenters. The van der Waals surface area contributed by atoms with Crippen LogP contribution in [0.15, 0.2) is 12.4 Å². The van der Waals surface area contributed by atoms with E-state index >= 15 is 0 Å². The highest BCUT2D eigenvalue weighted by molar-refractivity contribution is 5.10. The third-order valence-electron chi connectivity index (χ3n) is 3.65. The lowest BCUT2D eigenvalue weighted by atomic mass is 10.0. The molecule has 0 saturated carbocycles. The average molecular weight is 267 g/mol. The van der Waals surface area contributed by atoms with E-state index in [-0.39, 0.29) is 18.2 Å². The molecular weight excluding hydrogens is 242 g/mol. The molecule has 0 amide bonds. The second-order valence-electron chi connectivity index (χ2n) is 5.26. The Balaban J connectivity index is 1.93. The van der Waals surface area contributed by atoms with Crippen LogP contribution in [0.3, 0.4) is 0 Å². The standard InChI is InChI=1S/C14H25N3O2/c1-3-13(15)14(11-8-16-17(2)9-11)19-10-12-6-4-5-7-18-12/h8-9,12-14H,3-7,10,15H2,1-2H3. The van der Waals surface area contributed by atoms with Gasteiger partial charge in [0.1, 0.15) is 6.10 Å². The second-order valence-corrected chi connectivity index (χ2v) is 5.26. The van der Waals surface area contributed by atoms with Crippen molar-refractivity contribution in [1.29, 1.82) is 0 Å². The van der Waals surface area contributed by atoms with E-state index in [4.69, 9.17) is 15.2 Å². The summed E-state index contributed by atoms with van der Waals surface area (Å²) in [5.41, 5.74) is 7.22. The summed E-state index contributed by atoms with van der Waals surface area (Å²) < 4.78 is 13.5. The molecular formula is C14H25N3O2. The molecule has 0 radical (unpaired) electrons. The maximum Gasteiger partial charge on any atom is 0.101 e. The predicted molar refractivity (Wildman–Crippen MR) is 73.8 cm³/mol. The quantitative estimate of drug-likeness (QED) is 0.853. The average Bonchev–Trinajstić information content (AvgIpc) is 2.86. The van der Waals surface area contributed by atoms with Crippen LogP contribution in [0.25, 0.3) is 0 Å². The summed E-state index contributed by atoms with van der Waals surface area (Å²) in [7, 11) is 1.91. The van der Waals surface area contributed by atoms with Crippen LogP contribution in [0.5, 0.6) is 0 Å². The molecule has 5 nitrogen and oxygen atoms in total. The molecule has 1 aromatic heterocycles. The number of rotatable bonds is 6. The van der Waals surface area contributed by atoms with Gasteiger partial charge in [0.15, 0.2) is 0 Å². The van der Waals surface area contributed by atoms with E-state index in [0.717, 1.165) is 31.4 Å². The van der Waals surface area contributed by atoms with Gasteiger partial charge < -0.3 is 15.2 Å². The Kier molecular flexibility index (Phi) is 5.36. The Hall–Kier alpha value is -0.910. The van der Waals surface area contributed by atoms with Crippen LogP contribution in [-0.4, -0.2) is 35.1 Å². The van der Waals surface area contributed by atoms with Crippen molar-refractivity contribution in [3.8, 4) is 0 Å². The predicted octanol–water partition coefficient (Wildman–Crippen LogP) is 1.78. The Morgan fingerprint density at radius 3 is 3.00 bits per heavy atom. The van der Waals surface area contributed by atoms with Gasteiger partial charge in [-0.15, -0.1) is 0 Å². The first-order valence-corrected chi connectivity index (χ1v) is 7.18. The van der Waals surface area contributed by atoms with Crippen LogP contribution in [0, 0.1) is 0 Å². The first-order valence-electron chi connectivity index (χ1n) is 7.18. The topological polar surface area (TPSA) is 62.3 Å². The summed E-state index contributed by atoms with van der Waals surface area (Å²) in [6, 6.07) is -0.00668. The fraction of sp³-hybridized carbons (Fsp3) is 0.786. The van der Waals surface area contributed by atoms with Crippen LogP contribution in [0.1, 0.15) is 44.3 Å². The smallest absolute Gasteiger partial charge is 0.101 e. The molecule has 2 heterocycles. The summed E-state index contributed by atoms with van der Waals surface area (Å²) in [4.78, 5) is 0. The minimum Gasteiger partial charge on any atom is -0.376 e. The number of aromatic nitrogens is 2. The summed E-state index contributed by atoms with van der Waals surface area (Å²) in [6.07, 6.45) is 8.29. The van der Waals surface area contributed by atoms with E-state index < -0.39 is 0 Å². The maximum absolute atomic E-state index is 6.17. The molecule has 0 aliphatic carbocycles. The van der Waals surface area contributed by atoms with Crippen molar-refractivity contribution in [3.05, 3.63) is 18.0 Å². The normalized spacial score (nSPS) is 23.2. The monoisotopic (exact) mass is 267 g/mol. The van der Waals surface area contributed by atoms with Crippen LogP contribution in [0.2, 0.25) is 0 Å². The second kappa shape index (κ2) is 7.03. The van der Waals surface area contributed by atoms with Gasteiger partial charge >= 0.3 is 0 Å². The van der Waals surface area contributed by atoms with Crippen LogP contribution < -0.4 is 5.73 Å². The fourth-order valence-electron chi connectivity index (χ4n) is 2.42. The van der Waals surface area contributed by atoms with Gasteiger partial charge in [-0.3, -0.25) is 4.68 Å². The van der Waals surface area contributed by atoms with Crippen LogP contribution in [-0.2, 0) is 16.5 Å². The number of aryl methyl sites for hydroxylation is 1. The lowest BCUT2D eigenvalue weighted by molar-refractivity contribution is -0.0695. The first-order chi connectivity index (χ1) is 9.20. The van der Waals surface area contributed by atoms with Gasteiger partial charge in [-0.25, -0.2) is 0 Å². The third-order valence-corrected chi connectivity index (χ3v) is 3.65. The van der Waals surface area contributed by atoms with Gasteiger partial charge in [-0.1, -0.05) is 6.92 Å². The van der Waals surface area contributed by atoms with Gasteiger partial charge in [0.05, 0.1) is 18.9 Å². The summed E-state index contributed by atoms with van der Waals surface area (Å²) >= 11 is 0. The van der Waals surface area contributed by atoms with E-state index in [2.05, 4.69) is 12.0 Å². The zero-order chi connectivity index (χ0) is 13.7. The zero-order valence-electron chi connectivity index (χ0n) is 11.9. The molecule has 0 spiro atoms. The van der Waals surface area contributed by atoms with E-state index in [1.165, 1.54) is 6.42 Å². The highest BCUT2D eigenvalue weighted by Gasteiger charge is 2.23. The van der Waals surface area contributed by atoms with Crippen molar-refractivity contribution < 1.29 is 9.47 Å². The molecule has 2 rings (SSSR count). The first kappa shape index (κ1) is 14.5. The molecule has 19 heavy (non-hydrogen) atoms. The Morgan fingerprint density at radius 1 is 1.58 bits per heavy atom. The number of nitrogens with zero attached hydrogens (tertiary/aromatic N) is 2. The summed E-state index contributed by atoms with van der Waals surface area (Å²) in [5.74, 6) is 0. The lowest BCUT2D eigenvalue weighted by Gasteiger charge is -2.27. The van der Waals surface area contributed by atoms with Crippen molar-refractivity contribution in [2.45, 2.75) is 50.9 Å². The molecule has 0 aromatic carbocycles. The molecule has 3 unspecified atom stereocenters. The van der Waals surface area contributed by atoms with E-state index in [0.29, 0.717) is 6.61 Å². The van der Waals surface area contributed by atoms with Crippen LogP contribution >= 0.6 is 0 Å². The molecule has 1 saturated heterocycles. The highest BCUT2D eigenvalue weighted by atomic mass is 16.5. The number of hydrogen-bond donors (Lipinski definition) is 1. The summed E-state index contributed by atoms with van der Waals surface area (Å²) in [6.45, 7) is 3.55. The molecule has 2 N–H and O–H groups in total. The van der Waals surface area contributed by atoms with E-state index in [9.17, 15) is 0 Å². The summed E-state index contributed by atoms with van der Waals surface area (Å²) in [5, 5.41) is 4.20. The molecule has 108 valence electrons. The van der Waals surface area contributed by atoms with Crippen LogP contribution in [0.4, 0.5) is 0 Å². The lowest BCUT2D eigenvalue weighted by Crippen LogP contribution is -2.33. The third kappa shape index (κ3) is 4.03. The van der Waals surface area contributed by atoms with Crippen molar-refractivity contribution in [3.63, 3.8) is 0 Å². The number of ether oxygens (including phenoxy) is 2. The van der Waals surface area contributed by atoms with Gasteiger partial charge in [0.2, 0.25) is 0 Å². The van der Waals surface area contributed by atoms with Gasteiger partial charge in [0.25, 0.3) is 0 Å². The molecule has 5 heteroatoms. The minimum atomic E-state index is -0.0933. The highest BCUT2D eigenvalue weighted by Crippen LogP contribution is 2.23. The largest absolute Gasteiger partial charge is 0.376 e. The van der Waals surface area contributed by atoms with Crippen molar-refractivity contribution >= 4 is 0 Å². The van der Waals surface area contributed by atoms with Crippen molar-refractivity contribution in [2.75, 3.05) is 13.2 Å². The Bertz CT molecular complexity index is 375. The van der Waals surface area contributed by atoms with Gasteiger partial charge in [-0.2, -0.15) is 5.10 Å². The SMILES string of the molecule is CCC(N)C(OCC1CCCCO1)c1cnn(C)c1. The molecule has 1 aromatic rings. The number of nitrogens with two attached hydrogens (primary N) is 1. The van der Waals surface area contributed by atoms with E-state index in [1.807, 2.05) is 19.4 Å². The van der Waals surface area contributed by atoms with Gasteiger partial charge in [-0.05, 0) is 25.7 Å². The van der Waals surface area contributed by atoms with E-state index in [1.54, 1.807) is 4.68 Å². The fourth-order valence-corrected chi connectivity index (χ4v) is 2.42. The number of hydrogen-bond acceptors (Lipinski definition) is 4. The molecule has 0 bridgehead atoms. The molecule has 1 aliphatic rings. The van der Waals surface area contributed by atoms with Gasteiger partial charge in [0, 0.05) is 31.5 Å². The maximum atomic E-state index is 6.17. The molecule has 1 fully saturated rings.